The predicted molar refractivity (Wildman–Crippen MR) is 54.0 cm³/mol. The molecule has 88 valence electrons. The number of nitrogens with zero attached hydrogens (tertiary/aromatic N) is 1. The minimum absolute atomic E-state index is 0.0413. The Morgan fingerprint density at radius 2 is 2.13 bits per heavy atom. The fraction of sp³-hybridized carbons (Fsp3) is 1.00. The first-order valence-corrected chi connectivity index (χ1v) is 5.83. The molecule has 2 fully saturated rings. The van der Waals surface area contributed by atoms with Gasteiger partial charge in [0.25, 0.3) is 0 Å². The molecule has 0 aromatic heterocycles. The molecule has 2 atom stereocenters. The van der Waals surface area contributed by atoms with Crippen molar-refractivity contribution in [3.63, 3.8) is 0 Å². The average molecular weight is 219 g/mol. The minimum Gasteiger partial charge on any atom is -0.392 e. The Bertz CT molecular complexity index is 223. The summed E-state index contributed by atoms with van der Waals surface area (Å²) in [5.41, 5.74) is 0. The van der Waals surface area contributed by atoms with E-state index < -0.39 is 5.92 Å². The molecule has 1 unspecified atom stereocenters. The smallest absolute Gasteiger partial charge is 0.248 e. The summed E-state index contributed by atoms with van der Waals surface area (Å²) in [4.78, 5) is 2.14. The van der Waals surface area contributed by atoms with Gasteiger partial charge in [-0.1, -0.05) is 0 Å². The summed E-state index contributed by atoms with van der Waals surface area (Å²) in [6.45, 7) is 2.37. The third kappa shape index (κ3) is 3.11. The van der Waals surface area contributed by atoms with Crippen molar-refractivity contribution >= 4 is 0 Å². The largest absolute Gasteiger partial charge is 0.392 e. The van der Waals surface area contributed by atoms with Crippen LogP contribution in [0.4, 0.5) is 8.78 Å². The van der Waals surface area contributed by atoms with E-state index in [1.807, 2.05) is 0 Å². The summed E-state index contributed by atoms with van der Waals surface area (Å²) in [5.74, 6) is -2.30. The van der Waals surface area contributed by atoms with Gasteiger partial charge in [-0.15, -0.1) is 0 Å². The number of alkyl halides is 2. The van der Waals surface area contributed by atoms with Gasteiger partial charge in [0.05, 0.1) is 6.10 Å². The van der Waals surface area contributed by atoms with E-state index in [-0.39, 0.29) is 24.9 Å². The first-order valence-electron chi connectivity index (χ1n) is 5.83. The van der Waals surface area contributed by atoms with E-state index in [4.69, 9.17) is 0 Å². The highest BCUT2D eigenvalue weighted by Crippen LogP contribution is 2.39. The van der Waals surface area contributed by atoms with E-state index in [2.05, 4.69) is 4.90 Å². The molecule has 0 spiro atoms. The number of halogens is 2. The van der Waals surface area contributed by atoms with Crippen LogP contribution in [0.1, 0.15) is 32.1 Å². The number of hydrogen-bond donors (Lipinski definition) is 1. The van der Waals surface area contributed by atoms with Crippen LogP contribution in [-0.2, 0) is 0 Å². The van der Waals surface area contributed by atoms with Crippen molar-refractivity contribution in [3.05, 3.63) is 0 Å². The first kappa shape index (κ1) is 11.3. The molecule has 1 aliphatic heterocycles. The van der Waals surface area contributed by atoms with Crippen LogP contribution in [0, 0.1) is 5.92 Å². The van der Waals surface area contributed by atoms with Crippen LogP contribution in [0.15, 0.2) is 0 Å². The van der Waals surface area contributed by atoms with Crippen molar-refractivity contribution in [2.45, 2.75) is 44.1 Å². The van der Waals surface area contributed by atoms with Crippen molar-refractivity contribution < 1.29 is 13.9 Å². The Hall–Kier alpha value is -0.220. The minimum atomic E-state index is -2.43. The average Bonchev–Trinajstić information content (AvgIpc) is 2.45. The monoisotopic (exact) mass is 219 g/mol. The molecule has 2 nitrogen and oxygen atoms in total. The molecule has 1 saturated carbocycles. The van der Waals surface area contributed by atoms with E-state index in [9.17, 15) is 13.9 Å². The molecule has 0 bridgehead atoms. The third-order valence-corrected chi connectivity index (χ3v) is 3.50. The summed E-state index contributed by atoms with van der Waals surface area (Å²) in [5, 5.41) is 9.47. The first-order chi connectivity index (χ1) is 7.05. The van der Waals surface area contributed by atoms with Gasteiger partial charge in [-0.2, -0.15) is 0 Å². The van der Waals surface area contributed by atoms with Gasteiger partial charge in [-0.3, -0.25) is 0 Å². The molecule has 1 aliphatic carbocycles. The second kappa shape index (κ2) is 4.34. The lowest BCUT2D eigenvalue weighted by Gasteiger charge is -2.31. The predicted octanol–water partition coefficient (Wildman–Crippen LogP) is 1.88. The molecular weight excluding hydrogens is 200 g/mol. The fourth-order valence-electron chi connectivity index (χ4n) is 2.76. The second-order valence-electron chi connectivity index (χ2n) is 5.02. The Labute approximate surface area is 89.3 Å². The van der Waals surface area contributed by atoms with Crippen molar-refractivity contribution in [2.24, 2.45) is 5.92 Å². The number of β-amino-alcohol motifs (C(OH)–C–C–N with tert-alkyl or cyclic N) is 1. The zero-order valence-corrected chi connectivity index (χ0v) is 8.96. The Kier molecular flexibility index (Phi) is 3.26. The Morgan fingerprint density at radius 1 is 1.33 bits per heavy atom. The van der Waals surface area contributed by atoms with Gasteiger partial charge in [0.2, 0.25) is 5.92 Å². The molecule has 0 radical (unpaired) electrons. The molecule has 1 heterocycles. The van der Waals surface area contributed by atoms with Gasteiger partial charge >= 0.3 is 0 Å². The maximum absolute atomic E-state index is 13.0. The summed E-state index contributed by atoms with van der Waals surface area (Å²) in [6.07, 6.45) is 2.33. The van der Waals surface area contributed by atoms with Crippen LogP contribution >= 0.6 is 0 Å². The van der Waals surface area contributed by atoms with E-state index in [0.717, 1.165) is 25.9 Å². The maximum atomic E-state index is 13.0. The van der Waals surface area contributed by atoms with Gasteiger partial charge in [0.1, 0.15) is 0 Å². The lowest BCUT2D eigenvalue weighted by molar-refractivity contribution is 0.00132. The number of aliphatic hydroxyl groups is 1. The van der Waals surface area contributed by atoms with Crippen molar-refractivity contribution in [1.29, 1.82) is 0 Å². The zero-order chi connectivity index (χ0) is 10.9. The topological polar surface area (TPSA) is 23.5 Å². The molecule has 4 heteroatoms. The Morgan fingerprint density at radius 3 is 2.73 bits per heavy atom. The summed E-state index contributed by atoms with van der Waals surface area (Å²) in [6, 6.07) is 0. The van der Waals surface area contributed by atoms with Crippen LogP contribution < -0.4 is 0 Å². The van der Waals surface area contributed by atoms with Gasteiger partial charge in [0.15, 0.2) is 0 Å². The lowest BCUT2D eigenvalue weighted by Crippen LogP contribution is -2.40. The van der Waals surface area contributed by atoms with Crippen molar-refractivity contribution in [3.8, 4) is 0 Å². The van der Waals surface area contributed by atoms with E-state index >= 15 is 0 Å². The van der Waals surface area contributed by atoms with Crippen LogP contribution in [0.5, 0.6) is 0 Å². The van der Waals surface area contributed by atoms with Gasteiger partial charge < -0.3 is 10.0 Å². The number of aliphatic hydroxyl groups excluding tert-OH is 1. The molecule has 1 N–H and O–H groups in total. The number of likely N-dealkylation sites (tertiary alicyclic amines) is 1. The summed E-state index contributed by atoms with van der Waals surface area (Å²) >= 11 is 0. The number of piperidine rings is 1. The van der Waals surface area contributed by atoms with E-state index in [0.29, 0.717) is 13.0 Å². The molecule has 0 amide bonds. The fourth-order valence-corrected chi connectivity index (χ4v) is 2.76. The summed E-state index contributed by atoms with van der Waals surface area (Å²) in [7, 11) is 0. The number of rotatable bonds is 2. The molecule has 0 aromatic rings. The van der Waals surface area contributed by atoms with Crippen LogP contribution in [0.2, 0.25) is 0 Å². The highest BCUT2D eigenvalue weighted by Gasteiger charge is 2.40. The SMILES string of the molecule is O[C@H]1CCCN(CC2CCC(F)(F)C2)C1. The zero-order valence-electron chi connectivity index (χ0n) is 8.96. The Balaban J connectivity index is 1.77. The standard InChI is InChI=1S/C11H19F2NO/c12-11(13)4-3-9(6-11)7-14-5-1-2-10(15)8-14/h9-10,15H,1-8H2/t9?,10-/m0/s1. The molecule has 2 rings (SSSR count). The van der Waals surface area contributed by atoms with Crippen LogP contribution in [0.25, 0.3) is 0 Å². The molecule has 1 saturated heterocycles. The van der Waals surface area contributed by atoms with Crippen LogP contribution in [-0.4, -0.2) is 41.7 Å². The third-order valence-electron chi connectivity index (χ3n) is 3.50. The van der Waals surface area contributed by atoms with Gasteiger partial charge in [-0.25, -0.2) is 8.78 Å². The number of hydrogen-bond acceptors (Lipinski definition) is 2. The molecule has 0 aromatic carbocycles. The van der Waals surface area contributed by atoms with E-state index in [1.54, 1.807) is 0 Å². The van der Waals surface area contributed by atoms with Gasteiger partial charge in [0, 0.05) is 25.9 Å². The highest BCUT2D eigenvalue weighted by molar-refractivity contribution is 4.84. The van der Waals surface area contributed by atoms with Crippen molar-refractivity contribution in [1.82, 2.24) is 4.90 Å². The quantitative estimate of drug-likeness (QED) is 0.766. The second-order valence-corrected chi connectivity index (χ2v) is 5.02. The molecule has 15 heavy (non-hydrogen) atoms. The normalized spacial score (nSPS) is 37.0. The van der Waals surface area contributed by atoms with Crippen molar-refractivity contribution in [2.75, 3.05) is 19.6 Å². The highest BCUT2D eigenvalue weighted by atomic mass is 19.3. The maximum Gasteiger partial charge on any atom is 0.248 e. The lowest BCUT2D eigenvalue weighted by atomic mass is 10.0. The summed E-state index contributed by atoms with van der Waals surface area (Å²) < 4.78 is 25.9. The van der Waals surface area contributed by atoms with Gasteiger partial charge in [-0.05, 0) is 31.7 Å². The van der Waals surface area contributed by atoms with Crippen LogP contribution in [0.3, 0.4) is 0 Å². The molecular formula is C11H19F2NO. The molecule has 2 aliphatic rings. The van der Waals surface area contributed by atoms with E-state index in [1.165, 1.54) is 0 Å².